The van der Waals surface area contributed by atoms with Gasteiger partial charge in [-0.3, -0.25) is 0 Å². The van der Waals surface area contributed by atoms with E-state index >= 15 is 0 Å². The zero-order valence-electron chi connectivity index (χ0n) is 11.3. The lowest BCUT2D eigenvalue weighted by molar-refractivity contribution is 0.726. The molecule has 0 aliphatic carbocycles. The highest BCUT2D eigenvalue weighted by molar-refractivity contribution is 7.98. The van der Waals surface area contributed by atoms with E-state index in [0.29, 0.717) is 5.02 Å². The van der Waals surface area contributed by atoms with Crippen LogP contribution in [0.5, 0.6) is 0 Å². The molecule has 1 N–H and O–H groups in total. The van der Waals surface area contributed by atoms with Crippen molar-refractivity contribution < 1.29 is 0 Å². The van der Waals surface area contributed by atoms with Gasteiger partial charge in [0.15, 0.2) is 0 Å². The second kappa shape index (κ2) is 7.94. The molecule has 2 aromatic carbocycles. The van der Waals surface area contributed by atoms with Gasteiger partial charge in [-0.2, -0.15) is 0 Å². The smallest absolute Gasteiger partial charge is 0.0461 e. The second-order valence-corrected chi connectivity index (χ2v) is 6.34. The van der Waals surface area contributed by atoms with Crippen molar-refractivity contribution in [3.05, 3.63) is 63.6 Å². The average molecular weight is 326 g/mol. The third-order valence-electron chi connectivity index (χ3n) is 2.91. The molecule has 0 amide bonds. The molecule has 4 heteroatoms. The Morgan fingerprint density at radius 2 is 1.80 bits per heavy atom. The Kier molecular flexibility index (Phi) is 6.24. The number of benzene rings is 2. The van der Waals surface area contributed by atoms with E-state index < -0.39 is 0 Å². The summed E-state index contributed by atoms with van der Waals surface area (Å²) in [6, 6.07) is 14.3. The van der Waals surface area contributed by atoms with E-state index in [1.54, 1.807) is 17.8 Å². The third-order valence-corrected chi connectivity index (χ3v) is 4.56. The summed E-state index contributed by atoms with van der Waals surface area (Å²) in [6.45, 7) is 4.02. The zero-order valence-corrected chi connectivity index (χ0v) is 13.7. The molecule has 0 saturated carbocycles. The highest BCUT2D eigenvalue weighted by Gasteiger charge is 2.02. The van der Waals surface area contributed by atoms with Crippen molar-refractivity contribution in [3.8, 4) is 0 Å². The maximum absolute atomic E-state index is 6.17. The van der Waals surface area contributed by atoms with Gasteiger partial charge in [0.2, 0.25) is 0 Å². The fourth-order valence-corrected chi connectivity index (χ4v) is 3.23. The van der Waals surface area contributed by atoms with Crippen LogP contribution in [0.3, 0.4) is 0 Å². The first-order valence-corrected chi connectivity index (χ1v) is 8.29. The third kappa shape index (κ3) is 4.71. The minimum absolute atomic E-state index is 0.677. The molecule has 0 saturated heterocycles. The van der Waals surface area contributed by atoms with Crippen LogP contribution in [0, 0.1) is 0 Å². The second-order valence-electron chi connectivity index (χ2n) is 4.45. The highest BCUT2D eigenvalue weighted by Crippen LogP contribution is 2.28. The predicted molar refractivity (Wildman–Crippen MR) is 89.8 cm³/mol. The molecule has 0 spiro atoms. The Hall–Kier alpha value is -0.670. The van der Waals surface area contributed by atoms with E-state index in [9.17, 15) is 0 Å². The lowest BCUT2D eigenvalue weighted by atomic mass is 10.2. The summed E-state index contributed by atoms with van der Waals surface area (Å²) in [5, 5.41) is 4.73. The molecule has 0 fully saturated rings. The lowest BCUT2D eigenvalue weighted by Gasteiger charge is -2.06. The van der Waals surface area contributed by atoms with Crippen molar-refractivity contribution in [1.82, 2.24) is 5.32 Å². The Morgan fingerprint density at radius 1 is 1.05 bits per heavy atom. The largest absolute Gasteiger partial charge is 0.313 e. The summed E-state index contributed by atoms with van der Waals surface area (Å²) in [4.78, 5) is 1.25. The van der Waals surface area contributed by atoms with Crippen LogP contribution >= 0.6 is 35.0 Å². The van der Waals surface area contributed by atoms with Crippen LogP contribution in [0.4, 0.5) is 0 Å². The van der Waals surface area contributed by atoms with Crippen LogP contribution in [-0.4, -0.2) is 6.54 Å². The monoisotopic (exact) mass is 325 g/mol. The summed E-state index contributed by atoms with van der Waals surface area (Å²) >= 11 is 13.8. The van der Waals surface area contributed by atoms with E-state index in [0.717, 1.165) is 29.4 Å². The van der Waals surface area contributed by atoms with Crippen LogP contribution in [0.2, 0.25) is 10.0 Å². The summed E-state index contributed by atoms with van der Waals surface area (Å²) in [5.74, 6) is 0.850. The maximum atomic E-state index is 6.17. The topological polar surface area (TPSA) is 12.0 Å². The van der Waals surface area contributed by atoms with Crippen LogP contribution < -0.4 is 5.32 Å². The first-order valence-electron chi connectivity index (χ1n) is 6.55. The molecule has 1 nitrogen and oxygen atoms in total. The fraction of sp³-hybridized carbons (Fsp3) is 0.250. The van der Waals surface area contributed by atoms with E-state index in [2.05, 4.69) is 36.5 Å². The maximum Gasteiger partial charge on any atom is 0.0461 e. The van der Waals surface area contributed by atoms with Crippen molar-refractivity contribution >= 4 is 35.0 Å². The number of halogens is 2. The number of hydrogen-bond donors (Lipinski definition) is 1. The van der Waals surface area contributed by atoms with Crippen LogP contribution in [0.25, 0.3) is 0 Å². The molecule has 0 heterocycles. The van der Waals surface area contributed by atoms with Crippen molar-refractivity contribution in [2.24, 2.45) is 0 Å². The first kappa shape index (κ1) is 15.7. The van der Waals surface area contributed by atoms with Gasteiger partial charge in [0.05, 0.1) is 0 Å². The molecule has 0 bridgehead atoms. The van der Waals surface area contributed by atoms with Gasteiger partial charge in [0.1, 0.15) is 0 Å². The molecule has 0 aliphatic rings. The molecular formula is C16H17Cl2NS. The van der Waals surface area contributed by atoms with E-state index in [-0.39, 0.29) is 0 Å². The Labute approximate surface area is 134 Å². The number of hydrogen-bond acceptors (Lipinski definition) is 2. The van der Waals surface area contributed by atoms with Crippen molar-refractivity contribution in [1.29, 1.82) is 0 Å². The van der Waals surface area contributed by atoms with Gasteiger partial charge in [-0.15, -0.1) is 11.8 Å². The number of thioether (sulfide) groups is 1. The first-order chi connectivity index (χ1) is 9.69. The van der Waals surface area contributed by atoms with Gasteiger partial charge in [-0.25, -0.2) is 0 Å². The van der Waals surface area contributed by atoms with Gasteiger partial charge >= 0.3 is 0 Å². The average Bonchev–Trinajstić information content (AvgIpc) is 2.45. The van der Waals surface area contributed by atoms with E-state index in [4.69, 9.17) is 23.2 Å². The zero-order chi connectivity index (χ0) is 14.4. The Morgan fingerprint density at radius 3 is 2.45 bits per heavy atom. The Bertz CT molecular complexity index is 555. The normalized spacial score (nSPS) is 10.8. The number of rotatable bonds is 6. The minimum atomic E-state index is 0.677. The highest BCUT2D eigenvalue weighted by atomic mass is 35.5. The van der Waals surface area contributed by atoms with Crippen LogP contribution in [0.15, 0.2) is 47.4 Å². The molecule has 2 rings (SSSR count). The fourth-order valence-electron chi connectivity index (χ4n) is 1.77. The minimum Gasteiger partial charge on any atom is -0.313 e. The molecule has 0 aliphatic heterocycles. The van der Waals surface area contributed by atoms with Gasteiger partial charge in [0, 0.05) is 27.2 Å². The molecule has 0 atom stereocenters. The van der Waals surface area contributed by atoms with Crippen molar-refractivity contribution in [3.63, 3.8) is 0 Å². The molecule has 20 heavy (non-hydrogen) atoms. The van der Waals surface area contributed by atoms with E-state index in [1.165, 1.54) is 10.5 Å². The molecule has 2 aromatic rings. The summed E-state index contributed by atoms with van der Waals surface area (Å²) in [6.07, 6.45) is 0. The molecule has 0 unspecified atom stereocenters. The van der Waals surface area contributed by atoms with Crippen LogP contribution in [-0.2, 0) is 12.3 Å². The summed E-state index contributed by atoms with van der Waals surface area (Å²) in [7, 11) is 0. The molecule has 0 radical (unpaired) electrons. The van der Waals surface area contributed by atoms with Crippen LogP contribution in [0.1, 0.15) is 18.1 Å². The lowest BCUT2D eigenvalue weighted by Crippen LogP contribution is -2.11. The van der Waals surface area contributed by atoms with Gasteiger partial charge in [0.25, 0.3) is 0 Å². The number of nitrogens with one attached hydrogen (secondary N) is 1. The van der Waals surface area contributed by atoms with Crippen molar-refractivity contribution in [2.45, 2.75) is 24.1 Å². The Balaban J connectivity index is 1.93. The summed E-state index contributed by atoms with van der Waals surface area (Å²) < 4.78 is 0. The molecule has 0 aromatic heterocycles. The van der Waals surface area contributed by atoms with E-state index in [1.807, 2.05) is 12.1 Å². The standard InChI is InChI=1S/C16H17Cl2NS/c1-2-19-10-12-3-7-15(8-4-12)20-11-13-5-6-14(17)9-16(13)18/h3-9,19H,2,10-11H2,1H3. The van der Waals surface area contributed by atoms with Gasteiger partial charge < -0.3 is 5.32 Å². The summed E-state index contributed by atoms with van der Waals surface area (Å²) in [5.41, 5.74) is 2.42. The molecular weight excluding hydrogens is 309 g/mol. The van der Waals surface area contributed by atoms with Crippen molar-refractivity contribution in [2.75, 3.05) is 6.54 Å². The van der Waals surface area contributed by atoms with Gasteiger partial charge in [-0.1, -0.05) is 48.3 Å². The molecule has 106 valence electrons. The van der Waals surface area contributed by atoms with Gasteiger partial charge in [-0.05, 0) is 41.9 Å². The SMILES string of the molecule is CCNCc1ccc(SCc2ccc(Cl)cc2Cl)cc1. The quantitative estimate of drug-likeness (QED) is 0.714. The predicted octanol–water partition coefficient (Wildman–Crippen LogP) is 5.40.